The highest BCUT2D eigenvalue weighted by Crippen LogP contribution is 2.18. The summed E-state index contributed by atoms with van der Waals surface area (Å²) in [7, 11) is 0. The van der Waals surface area contributed by atoms with Crippen molar-refractivity contribution in [3.8, 4) is 5.75 Å². The van der Waals surface area contributed by atoms with Crippen LogP contribution in [0.4, 0.5) is 5.69 Å². The van der Waals surface area contributed by atoms with Gasteiger partial charge in [0.2, 0.25) is 0 Å². The highest BCUT2D eigenvalue weighted by atomic mass is 16.5. The van der Waals surface area contributed by atoms with Crippen LogP contribution < -0.4 is 15.0 Å². The zero-order valence-corrected chi connectivity index (χ0v) is 11.4. The summed E-state index contributed by atoms with van der Waals surface area (Å²) in [6.45, 7) is 3.62. The van der Waals surface area contributed by atoms with Gasteiger partial charge in [-0.05, 0) is 24.3 Å². The van der Waals surface area contributed by atoms with Gasteiger partial charge in [-0.1, -0.05) is 18.2 Å². The van der Waals surface area contributed by atoms with Gasteiger partial charge in [-0.25, -0.2) is 0 Å². The molecule has 0 radical (unpaired) electrons. The molecular weight excluding hydrogens is 250 g/mol. The molecule has 1 fully saturated rings. The van der Waals surface area contributed by atoms with Crippen molar-refractivity contribution in [3.63, 3.8) is 0 Å². The summed E-state index contributed by atoms with van der Waals surface area (Å²) in [6.07, 6.45) is 3.51. The molecule has 1 N–H and O–H groups in total. The topological polar surface area (TPSA) is 37.4 Å². The molecule has 1 aromatic carbocycles. The van der Waals surface area contributed by atoms with Gasteiger partial charge in [0.05, 0.1) is 12.2 Å². The van der Waals surface area contributed by atoms with Crippen LogP contribution in [0.25, 0.3) is 0 Å². The van der Waals surface area contributed by atoms with E-state index in [4.69, 9.17) is 4.74 Å². The number of hydrogen-bond acceptors (Lipinski definition) is 4. The number of rotatable bonds is 4. The molecule has 1 atom stereocenters. The fraction of sp³-hybridized carbons (Fsp3) is 0.312. The van der Waals surface area contributed by atoms with Crippen LogP contribution in [-0.4, -0.2) is 37.3 Å². The Bertz CT molecular complexity index is 518. The van der Waals surface area contributed by atoms with Crippen LogP contribution in [-0.2, 0) is 0 Å². The standard InChI is InChI=1S/C16H19N3O/c1-2-5-14(6-3-1)19-10-9-18-11-15(19)13-20-16-7-4-8-17-12-16/h1-8,12,15,18H,9-11,13H2. The molecule has 1 aromatic heterocycles. The Balaban J connectivity index is 1.67. The van der Waals surface area contributed by atoms with Crippen LogP contribution in [0.2, 0.25) is 0 Å². The smallest absolute Gasteiger partial charge is 0.137 e. The number of aromatic nitrogens is 1. The van der Waals surface area contributed by atoms with E-state index in [1.54, 1.807) is 12.4 Å². The summed E-state index contributed by atoms with van der Waals surface area (Å²) < 4.78 is 5.85. The first-order valence-corrected chi connectivity index (χ1v) is 6.99. The quantitative estimate of drug-likeness (QED) is 0.920. The number of nitrogens with one attached hydrogen (secondary N) is 1. The van der Waals surface area contributed by atoms with Crippen molar-refractivity contribution in [2.24, 2.45) is 0 Å². The summed E-state index contributed by atoms with van der Waals surface area (Å²) in [4.78, 5) is 6.48. The van der Waals surface area contributed by atoms with Gasteiger partial charge in [0.15, 0.2) is 0 Å². The number of hydrogen-bond donors (Lipinski definition) is 1. The molecule has 4 nitrogen and oxygen atoms in total. The van der Waals surface area contributed by atoms with Crippen LogP contribution >= 0.6 is 0 Å². The highest BCUT2D eigenvalue weighted by Gasteiger charge is 2.22. The summed E-state index contributed by atoms with van der Waals surface area (Å²) in [5.41, 5.74) is 1.26. The second kappa shape index (κ2) is 6.39. The normalized spacial score (nSPS) is 18.8. The van der Waals surface area contributed by atoms with Gasteiger partial charge in [0.1, 0.15) is 12.4 Å². The number of para-hydroxylation sites is 1. The van der Waals surface area contributed by atoms with Crippen LogP contribution in [0.3, 0.4) is 0 Å². The molecule has 0 bridgehead atoms. The molecule has 2 aromatic rings. The summed E-state index contributed by atoms with van der Waals surface area (Å²) in [5, 5.41) is 3.43. The Hall–Kier alpha value is -2.07. The third-order valence-electron chi connectivity index (χ3n) is 3.51. The highest BCUT2D eigenvalue weighted by molar-refractivity contribution is 5.47. The predicted molar refractivity (Wildman–Crippen MR) is 80.2 cm³/mol. The average Bonchev–Trinajstić information content (AvgIpc) is 2.55. The maximum absolute atomic E-state index is 5.85. The van der Waals surface area contributed by atoms with E-state index in [1.165, 1.54) is 5.69 Å². The van der Waals surface area contributed by atoms with E-state index < -0.39 is 0 Å². The van der Waals surface area contributed by atoms with Crippen molar-refractivity contribution in [2.45, 2.75) is 6.04 Å². The lowest BCUT2D eigenvalue weighted by Crippen LogP contribution is -2.54. The molecule has 4 heteroatoms. The lowest BCUT2D eigenvalue weighted by atomic mass is 10.1. The molecule has 1 unspecified atom stereocenters. The number of piperazine rings is 1. The molecule has 0 aliphatic carbocycles. The van der Waals surface area contributed by atoms with E-state index in [0.29, 0.717) is 12.6 Å². The molecule has 104 valence electrons. The lowest BCUT2D eigenvalue weighted by molar-refractivity contribution is 0.266. The Labute approximate surface area is 119 Å². The second-order valence-corrected chi connectivity index (χ2v) is 4.89. The van der Waals surface area contributed by atoms with E-state index in [0.717, 1.165) is 25.4 Å². The van der Waals surface area contributed by atoms with Gasteiger partial charge in [0.25, 0.3) is 0 Å². The first-order chi connectivity index (χ1) is 9.93. The largest absolute Gasteiger partial charge is 0.490 e. The number of anilines is 1. The molecule has 0 saturated carbocycles. The fourth-order valence-corrected chi connectivity index (χ4v) is 2.49. The average molecular weight is 269 g/mol. The van der Waals surface area contributed by atoms with Crippen LogP contribution in [0.5, 0.6) is 5.75 Å². The lowest BCUT2D eigenvalue weighted by Gasteiger charge is -2.37. The molecule has 1 aliphatic heterocycles. The SMILES string of the molecule is c1ccc(N2CCNCC2COc2cccnc2)cc1. The summed E-state index contributed by atoms with van der Waals surface area (Å²) in [6, 6.07) is 14.7. The van der Waals surface area contributed by atoms with E-state index in [2.05, 4.69) is 39.5 Å². The minimum Gasteiger partial charge on any atom is -0.490 e. The first-order valence-electron chi connectivity index (χ1n) is 6.99. The minimum absolute atomic E-state index is 0.339. The van der Waals surface area contributed by atoms with Crippen LogP contribution in [0.15, 0.2) is 54.9 Å². The molecule has 0 spiro atoms. The summed E-state index contributed by atoms with van der Waals surface area (Å²) >= 11 is 0. The maximum Gasteiger partial charge on any atom is 0.137 e. The number of nitrogens with zero attached hydrogens (tertiary/aromatic N) is 2. The summed E-state index contributed by atoms with van der Waals surface area (Å²) in [5.74, 6) is 0.825. The fourth-order valence-electron chi connectivity index (χ4n) is 2.49. The van der Waals surface area contributed by atoms with Gasteiger partial charge in [0, 0.05) is 31.5 Å². The van der Waals surface area contributed by atoms with Crippen molar-refractivity contribution in [1.29, 1.82) is 0 Å². The molecule has 1 aliphatic rings. The van der Waals surface area contributed by atoms with Gasteiger partial charge < -0.3 is 15.0 Å². The van der Waals surface area contributed by atoms with E-state index in [9.17, 15) is 0 Å². The maximum atomic E-state index is 5.85. The Kier molecular flexibility index (Phi) is 4.13. The van der Waals surface area contributed by atoms with Gasteiger partial charge in [-0.3, -0.25) is 4.98 Å². The van der Waals surface area contributed by atoms with E-state index in [1.807, 2.05) is 18.2 Å². The zero-order valence-electron chi connectivity index (χ0n) is 11.4. The van der Waals surface area contributed by atoms with Crippen LogP contribution in [0, 0.1) is 0 Å². The number of benzene rings is 1. The molecule has 0 amide bonds. The number of ether oxygens (including phenoxy) is 1. The van der Waals surface area contributed by atoms with Gasteiger partial charge in [-0.15, -0.1) is 0 Å². The zero-order chi connectivity index (χ0) is 13.6. The van der Waals surface area contributed by atoms with Crippen molar-refractivity contribution in [3.05, 3.63) is 54.9 Å². The van der Waals surface area contributed by atoms with Crippen molar-refractivity contribution in [1.82, 2.24) is 10.3 Å². The third-order valence-corrected chi connectivity index (χ3v) is 3.51. The van der Waals surface area contributed by atoms with Crippen molar-refractivity contribution < 1.29 is 4.74 Å². The third kappa shape index (κ3) is 3.08. The second-order valence-electron chi connectivity index (χ2n) is 4.89. The van der Waals surface area contributed by atoms with Crippen molar-refractivity contribution in [2.75, 3.05) is 31.1 Å². The van der Waals surface area contributed by atoms with Gasteiger partial charge >= 0.3 is 0 Å². The van der Waals surface area contributed by atoms with Crippen LogP contribution in [0.1, 0.15) is 0 Å². The van der Waals surface area contributed by atoms with Crippen molar-refractivity contribution >= 4 is 5.69 Å². The predicted octanol–water partition coefficient (Wildman–Crippen LogP) is 1.94. The van der Waals surface area contributed by atoms with Gasteiger partial charge in [-0.2, -0.15) is 0 Å². The molecular formula is C16H19N3O. The molecule has 20 heavy (non-hydrogen) atoms. The van der Waals surface area contributed by atoms with E-state index >= 15 is 0 Å². The molecule has 3 rings (SSSR count). The molecule has 1 saturated heterocycles. The van der Waals surface area contributed by atoms with E-state index in [-0.39, 0.29) is 0 Å². The Morgan fingerprint density at radius 1 is 1.20 bits per heavy atom. The Morgan fingerprint density at radius 3 is 2.90 bits per heavy atom. The first kappa shape index (κ1) is 12.9. The number of pyridine rings is 1. The monoisotopic (exact) mass is 269 g/mol. The molecule has 2 heterocycles. The minimum atomic E-state index is 0.339. The Morgan fingerprint density at radius 2 is 2.10 bits per heavy atom.